The van der Waals surface area contributed by atoms with E-state index in [9.17, 15) is 13.2 Å². The highest BCUT2D eigenvalue weighted by Crippen LogP contribution is 2.25. The maximum Gasteiger partial charge on any atom is 0.320 e. The minimum Gasteiger partial charge on any atom is -0.463 e. The van der Waals surface area contributed by atoms with E-state index in [2.05, 4.69) is 35.9 Å². The Hall–Kier alpha value is -2.46. The third-order valence-corrected chi connectivity index (χ3v) is 5.62. The lowest BCUT2D eigenvalue weighted by atomic mass is 9.98. The van der Waals surface area contributed by atoms with Gasteiger partial charge in [0.25, 0.3) is 6.43 Å². The zero-order chi connectivity index (χ0) is 21.8. The number of para-hydroxylation sites is 1. The SMILES string of the molecule is Fc1ccccc1-n1nc(C(F)F)nc1OCC1CCN(Cc2cccc(Br)n2)CC1. The van der Waals surface area contributed by atoms with Crippen LogP contribution in [0.25, 0.3) is 5.69 Å². The largest absolute Gasteiger partial charge is 0.463 e. The number of benzene rings is 1. The highest BCUT2D eigenvalue weighted by molar-refractivity contribution is 9.10. The van der Waals surface area contributed by atoms with Gasteiger partial charge in [-0.05, 0) is 72.0 Å². The summed E-state index contributed by atoms with van der Waals surface area (Å²) in [5.74, 6) is -1.03. The van der Waals surface area contributed by atoms with E-state index in [4.69, 9.17) is 4.74 Å². The zero-order valence-corrected chi connectivity index (χ0v) is 18.2. The molecule has 0 saturated carbocycles. The molecule has 1 aliphatic rings. The predicted octanol–water partition coefficient (Wildman–Crippen LogP) is 4.79. The van der Waals surface area contributed by atoms with Crippen molar-refractivity contribution in [1.29, 1.82) is 0 Å². The minimum absolute atomic E-state index is 0.0215. The first kappa shape index (κ1) is 21.8. The lowest BCUT2D eigenvalue weighted by Gasteiger charge is -2.31. The number of piperidine rings is 1. The lowest BCUT2D eigenvalue weighted by Crippen LogP contribution is -2.35. The highest BCUT2D eigenvalue weighted by atomic mass is 79.9. The van der Waals surface area contributed by atoms with Crippen molar-refractivity contribution < 1.29 is 17.9 Å². The Morgan fingerprint density at radius 2 is 1.84 bits per heavy atom. The number of pyridine rings is 1. The fraction of sp³-hybridized carbons (Fsp3) is 0.381. The summed E-state index contributed by atoms with van der Waals surface area (Å²) in [4.78, 5) is 10.6. The third-order valence-electron chi connectivity index (χ3n) is 5.18. The van der Waals surface area contributed by atoms with E-state index in [1.165, 1.54) is 18.2 Å². The number of rotatable bonds is 7. The maximum atomic E-state index is 14.2. The molecule has 0 amide bonds. The molecule has 2 aromatic heterocycles. The molecule has 1 saturated heterocycles. The second kappa shape index (κ2) is 9.78. The number of halogens is 4. The van der Waals surface area contributed by atoms with Gasteiger partial charge in [-0.1, -0.05) is 18.2 Å². The fourth-order valence-corrected chi connectivity index (χ4v) is 3.93. The molecule has 3 heterocycles. The normalized spacial score (nSPS) is 15.5. The Bertz CT molecular complexity index is 1020. The van der Waals surface area contributed by atoms with Crippen molar-refractivity contribution in [3.05, 3.63) is 64.4 Å². The molecule has 0 aliphatic carbocycles. The molecule has 1 aliphatic heterocycles. The second-order valence-corrected chi connectivity index (χ2v) is 8.21. The molecular formula is C21H21BrF3N5O. The van der Waals surface area contributed by atoms with Gasteiger partial charge in [0.2, 0.25) is 5.82 Å². The minimum atomic E-state index is -2.87. The molecule has 10 heteroatoms. The summed E-state index contributed by atoms with van der Waals surface area (Å²) >= 11 is 3.39. The number of nitrogens with zero attached hydrogens (tertiary/aromatic N) is 5. The number of alkyl halides is 2. The molecule has 0 atom stereocenters. The Morgan fingerprint density at radius 1 is 1.06 bits per heavy atom. The molecule has 0 N–H and O–H groups in total. The monoisotopic (exact) mass is 495 g/mol. The molecule has 0 spiro atoms. The van der Waals surface area contributed by atoms with Crippen LogP contribution in [0.15, 0.2) is 47.1 Å². The molecule has 1 aromatic carbocycles. The van der Waals surface area contributed by atoms with Gasteiger partial charge in [-0.25, -0.2) is 18.2 Å². The first-order valence-electron chi connectivity index (χ1n) is 9.96. The Kier molecular flexibility index (Phi) is 6.86. The Morgan fingerprint density at radius 3 is 2.55 bits per heavy atom. The van der Waals surface area contributed by atoms with Crippen LogP contribution in [0, 0.1) is 11.7 Å². The first-order valence-corrected chi connectivity index (χ1v) is 10.8. The van der Waals surface area contributed by atoms with Crippen molar-refractivity contribution in [1.82, 2.24) is 24.6 Å². The van der Waals surface area contributed by atoms with Crippen molar-refractivity contribution in [3.8, 4) is 11.7 Å². The van der Waals surface area contributed by atoms with Crippen molar-refractivity contribution in [2.24, 2.45) is 5.92 Å². The summed E-state index contributed by atoms with van der Waals surface area (Å²) in [7, 11) is 0. The van der Waals surface area contributed by atoms with Crippen molar-refractivity contribution >= 4 is 15.9 Å². The summed E-state index contributed by atoms with van der Waals surface area (Å²) in [6, 6.07) is 11.5. The molecule has 164 valence electrons. The molecule has 0 bridgehead atoms. The van der Waals surface area contributed by atoms with E-state index in [0.717, 1.165) is 47.5 Å². The first-order chi connectivity index (χ1) is 15.0. The van der Waals surface area contributed by atoms with Crippen LogP contribution in [0.2, 0.25) is 0 Å². The van der Waals surface area contributed by atoms with E-state index in [-0.39, 0.29) is 17.6 Å². The number of aromatic nitrogens is 4. The number of ether oxygens (including phenoxy) is 1. The van der Waals surface area contributed by atoms with Crippen molar-refractivity contribution in [3.63, 3.8) is 0 Å². The molecule has 4 rings (SSSR count). The average Bonchev–Trinajstić information content (AvgIpc) is 3.18. The van der Waals surface area contributed by atoms with E-state index >= 15 is 0 Å². The quantitative estimate of drug-likeness (QED) is 0.441. The summed E-state index contributed by atoms with van der Waals surface area (Å²) < 4.78 is 48.0. The summed E-state index contributed by atoms with van der Waals surface area (Å²) in [6.45, 7) is 2.83. The summed E-state index contributed by atoms with van der Waals surface area (Å²) in [5, 5.41) is 3.74. The lowest BCUT2D eigenvalue weighted by molar-refractivity contribution is 0.128. The fourth-order valence-electron chi connectivity index (χ4n) is 3.55. The van der Waals surface area contributed by atoms with Gasteiger partial charge in [0.15, 0.2) is 0 Å². The van der Waals surface area contributed by atoms with Gasteiger partial charge in [0, 0.05) is 6.54 Å². The van der Waals surface area contributed by atoms with Crippen LogP contribution >= 0.6 is 15.9 Å². The Labute approximate surface area is 186 Å². The Balaban J connectivity index is 1.37. The van der Waals surface area contributed by atoms with Gasteiger partial charge >= 0.3 is 6.01 Å². The van der Waals surface area contributed by atoms with Crippen LogP contribution in [0.5, 0.6) is 6.01 Å². The third kappa shape index (κ3) is 5.43. The predicted molar refractivity (Wildman–Crippen MR) is 112 cm³/mol. The second-order valence-electron chi connectivity index (χ2n) is 7.40. The molecule has 31 heavy (non-hydrogen) atoms. The summed E-state index contributed by atoms with van der Waals surface area (Å²) in [5.41, 5.74) is 1.02. The molecular weight excluding hydrogens is 475 g/mol. The van der Waals surface area contributed by atoms with E-state index < -0.39 is 18.1 Å². The molecule has 3 aromatic rings. The van der Waals surface area contributed by atoms with Crippen LogP contribution < -0.4 is 4.74 Å². The van der Waals surface area contributed by atoms with Crippen LogP contribution in [0.3, 0.4) is 0 Å². The highest BCUT2D eigenvalue weighted by Gasteiger charge is 2.24. The summed E-state index contributed by atoms with van der Waals surface area (Å²) in [6.07, 6.45) is -1.09. The molecule has 0 unspecified atom stereocenters. The topological polar surface area (TPSA) is 56.1 Å². The van der Waals surface area contributed by atoms with E-state index in [1.807, 2.05) is 18.2 Å². The van der Waals surface area contributed by atoms with Gasteiger partial charge in [0.1, 0.15) is 16.1 Å². The number of hydrogen-bond acceptors (Lipinski definition) is 5. The molecule has 0 radical (unpaired) electrons. The van der Waals surface area contributed by atoms with Crippen molar-refractivity contribution in [2.75, 3.05) is 19.7 Å². The van der Waals surface area contributed by atoms with E-state index in [1.54, 1.807) is 6.07 Å². The maximum absolute atomic E-state index is 14.2. The van der Waals surface area contributed by atoms with Gasteiger partial charge in [-0.3, -0.25) is 4.90 Å². The van der Waals surface area contributed by atoms with E-state index in [0.29, 0.717) is 6.61 Å². The standard InChI is InChI=1S/C21H21BrF3N5O/c22-18-7-3-4-15(26-18)12-29-10-8-14(9-11-29)13-31-21-27-20(19(24)25)28-30(21)17-6-2-1-5-16(17)23/h1-7,14,19H,8-13H2. The van der Waals surface area contributed by atoms with Gasteiger partial charge in [-0.15, -0.1) is 5.10 Å². The van der Waals surface area contributed by atoms with Crippen molar-refractivity contribution in [2.45, 2.75) is 25.8 Å². The van der Waals surface area contributed by atoms with Gasteiger partial charge in [0.05, 0.1) is 12.3 Å². The van der Waals surface area contributed by atoms with Crippen LogP contribution in [0.4, 0.5) is 13.2 Å². The molecule has 6 nitrogen and oxygen atoms in total. The van der Waals surface area contributed by atoms with Crippen LogP contribution in [-0.4, -0.2) is 44.3 Å². The average molecular weight is 496 g/mol. The number of likely N-dealkylation sites (tertiary alicyclic amines) is 1. The van der Waals surface area contributed by atoms with Crippen LogP contribution in [0.1, 0.15) is 30.8 Å². The van der Waals surface area contributed by atoms with Gasteiger partial charge < -0.3 is 4.74 Å². The smallest absolute Gasteiger partial charge is 0.320 e. The number of hydrogen-bond donors (Lipinski definition) is 0. The van der Waals surface area contributed by atoms with Gasteiger partial charge in [-0.2, -0.15) is 9.67 Å². The zero-order valence-electron chi connectivity index (χ0n) is 16.6. The van der Waals surface area contributed by atoms with Crippen LogP contribution in [-0.2, 0) is 6.54 Å². The molecule has 1 fully saturated rings.